The fraction of sp³-hybridized carbons (Fsp3) is 0.348. The highest BCUT2D eigenvalue weighted by Gasteiger charge is 2.29. The van der Waals surface area contributed by atoms with E-state index in [1.165, 1.54) is 35.7 Å². The topological polar surface area (TPSA) is 124 Å². The summed E-state index contributed by atoms with van der Waals surface area (Å²) in [5.74, 6) is 0.909. The van der Waals surface area contributed by atoms with Crippen LogP contribution in [0.3, 0.4) is 0 Å². The third-order valence-corrected chi connectivity index (χ3v) is 7.21. The largest absolute Gasteiger partial charge is 0.493 e. The maximum atomic E-state index is 12.8. The van der Waals surface area contributed by atoms with Crippen LogP contribution < -0.4 is 9.47 Å². The Balaban J connectivity index is 1.46. The van der Waals surface area contributed by atoms with Gasteiger partial charge in [-0.05, 0) is 42.8 Å². The van der Waals surface area contributed by atoms with Crippen molar-refractivity contribution in [3.8, 4) is 23.6 Å². The van der Waals surface area contributed by atoms with Gasteiger partial charge in [0, 0.05) is 38.7 Å². The molecule has 1 saturated heterocycles. The number of carbonyl (C=O) groups excluding carboxylic acids is 1. The smallest absolute Gasteiger partial charge is 0.243 e. The van der Waals surface area contributed by atoms with Gasteiger partial charge in [0.2, 0.25) is 15.9 Å². The Morgan fingerprint density at radius 3 is 2.21 bits per heavy atom. The van der Waals surface area contributed by atoms with Gasteiger partial charge in [0.15, 0.2) is 11.5 Å². The molecular formula is C23H24N4O5S. The van der Waals surface area contributed by atoms with Gasteiger partial charge in [0.05, 0.1) is 41.9 Å². The van der Waals surface area contributed by atoms with E-state index in [0.29, 0.717) is 48.7 Å². The van der Waals surface area contributed by atoms with E-state index in [-0.39, 0.29) is 30.3 Å². The van der Waals surface area contributed by atoms with Crippen molar-refractivity contribution >= 4 is 15.9 Å². The van der Waals surface area contributed by atoms with E-state index in [9.17, 15) is 13.2 Å². The summed E-state index contributed by atoms with van der Waals surface area (Å²) in [7, 11) is -2.17. The Morgan fingerprint density at radius 2 is 1.61 bits per heavy atom. The van der Waals surface area contributed by atoms with Crippen LogP contribution in [0.4, 0.5) is 0 Å². The zero-order valence-corrected chi connectivity index (χ0v) is 19.0. The van der Waals surface area contributed by atoms with E-state index in [2.05, 4.69) is 0 Å². The van der Waals surface area contributed by atoms with Crippen LogP contribution in [0, 0.1) is 22.7 Å². The zero-order chi connectivity index (χ0) is 23.8. The van der Waals surface area contributed by atoms with Crippen molar-refractivity contribution in [2.45, 2.75) is 17.7 Å². The first-order chi connectivity index (χ1) is 15.9. The van der Waals surface area contributed by atoms with E-state index < -0.39 is 10.0 Å². The summed E-state index contributed by atoms with van der Waals surface area (Å²) in [4.78, 5) is 14.3. The Labute approximate surface area is 193 Å². The summed E-state index contributed by atoms with van der Waals surface area (Å²) in [6.45, 7) is 1.37. The molecule has 0 spiro atoms. The minimum Gasteiger partial charge on any atom is -0.493 e. The molecule has 3 rings (SSSR count). The number of hydrogen-bond donors (Lipinski definition) is 0. The van der Waals surface area contributed by atoms with Crippen LogP contribution in [0.1, 0.15) is 24.0 Å². The number of carbonyl (C=O) groups is 1. The molecule has 9 nitrogen and oxygen atoms in total. The van der Waals surface area contributed by atoms with Gasteiger partial charge in [-0.25, -0.2) is 8.42 Å². The van der Waals surface area contributed by atoms with Crippen molar-refractivity contribution < 1.29 is 22.7 Å². The highest BCUT2D eigenvalue weighted by Crippen LogP contribution is 2.28. The van der Waals surface area contributed by atoms with Crippen LogP contribution in [0.25, 0.3) is 0 Å². The third-order valence-electron chi connectivity index (χ3n) is 5.30. The van der Waals surface area contributed by atoms with Crippen molar-refractivity contribution in [1.29, 1.82) is 10.5 Å². The van der Waals surface area contributed by atoms with Gasteiger partial charge in [-0.3, -0.25) is 4.79 Å². The number of sulfonamides is 1. The van der Waals surface area contributed by atoms with Gasteiger partial charge < -0.3 is 14.4 Å². The van der Waals surface area contributed by atoms with Crippen molar-refractivity contribution in [2.75, 3.05) is 39.9 Å². The first-order valence-corrected chi connectivity index (χ1v) is 11.8. The molecule has 1 aliphatic heterocycles. The molecule has 2 aromatic rings. The molecule has 1 fully saturated rings. The van der Waals surface area contributed by atoms with Gasteiger partial charge in [0.1, 0.15) is 0 Å². The second kappa shape index (κ2) is 10.8. The average Bonchev–Trinajstić information content (AvgIpc) is 2.86. The SMILES string of the molecule is COc1cc(C#N)ccc1OCCCC(=O)N1CCN(S(=O)(=O)c2ccc(C#N)cc2)CC1. The molecule has 1 heterocycles. The number of hydrogen-bond acceptors (Lipinski definition) is 7. The maximum Gasteiger partial charge on any atom is 0.243 e. The van der Waals surface area contributed by atoms with Gasteiger partial charge >= 0.3 is 0 Å². The second-order valence-electron chi connectivity index (χ2n) is 7.35. The molecule has 0 atom stereocenters. The third kappa shape index (κ3) is 5.80. The summed E-state index contributed by atoms with van der Waals surface area (Å²) in [5, 5.41) is 17.8. The van der Waals surface area contributed by atoms with Gasteiger partial charge in [0.25, 0.3) is 0 Å². The Morgan fingerprint density at radius 1 is 0.970 bits per heavy atom. The van der Waals surface area contributed by atoms with Crippen LogP contribution in [-0.2, 0) is 14.8 Å². The van der Waals surface area contributed by atoms with Crippen LogP contribution >= 0.6 is 0 Å². The Kier molecular flexibility index (Phi) is 7.88. The molecule has 1 amide bonds. The molecule has 0 radical (unpaired) electrons. The molecule has 1 aliphatic rings. The first-order valence-electron chi connectivity index (χ1n) is 10.4. The highest BCUT2D eigenvalue weighted by molar-refractivity contribution is 7.89. The van der Waals surface area contributed by atoms with Crippen molar-refractivity contribution in [2.24, 2.45) is 0 Å². The number of benzene rings is 2. The summed E-state index contributed by atoms with van der Waals surface area (Å²) in [5.41, 5.74) is 0.862. The standard InChI is InChI=1S/C23H24N4O5S/c1-31-22-15-19(17-25)6-9-21(22)32-14-2-3-23(28)26-10-12-27(13-11-26)33(29,30)20-7-4-18(16-24)5-8-20/h4-9,15H,2-3,10-14H2,1H3. The number of ether oxygens (including phenoxy) is 2. The lowest BCUT2D eigenvalue weighted by molar-refractivity contribution is -0.132. The Bertz CT molecular complexity index is 1170. The lowest BCUT2D eigenvalue weighted by Gasteiger charge is -2.34. The van der Waals surface area contributed by atoms with E-state index in [1.54, 1.807) is 23.1 Å². The average molecular weight is 469 g/mol. The zero-order valence-electron chi connectivity index (χ0n) is 18.2. The lowest BCUT2D eigenvalue weighted by Crippen LogP contribution is -2.50. The molecule has 10 heteroatoms. The molecule has 0 saturated carbocycles. The summed E-state index contributed by atoms with van der Waals surface area (Å²) in [6.07, 6.45) is 0.771. The molecule has 0 unspecified atom stereocenters. The van der Waals surface area contributed by atoms with Crippen molar-refractivity contribution in [3.63, 3.8) is 0 Å². The van der Waals surface area contributed by atoms with Crippen LogP contribution in [-0.4, -0.2) is 63.4 Å². The number of methoxy groups -OCH3 is 1. The van der Waals surface area contributed by atoms with Gasteiger partial charge in [-0.15, -0.1) is 0 Å². The van der Waals surface area contributed by atoms with Crippen LogP contribution in [0.2, 0.25) is 0 Å². The summed E-state index contributed by atoms with van der Waals surface area (Å²) < 4.78 is 37.9. The van der Waals surface area contributed by atoms with Gasteiger partial charge in [-0.2, -0.15) is 14.8 Å². The number of piperazine rings is 1. The minimum atomic E-state index is -3.67. The quantitative estimate of drug-likeness (QED) is 0.544. The molecule has 0 aromatic heterocycles. The number of nitriles is 2. The fourth-order valence-corrected chi connectivity index (χ4v) is 4.87. The molecule has 33 heavy (non-hydrogen) atoms. The molecule has 2 aromatic carbocycles. The monoisotopic (exact) mass is 468 g/mol. The number of amides is 1. The minimum absolute atomic E-state index is 0.0548. The van der Waals surface area contributed by atoms with Crippen LogP contribution in [0.15, 0.2) is 47.4 Å². The Hall–Kier alpha value is -3.60. The number of rotatable bonds is 8. The maximum absolute atomic E-state index is 12.8. The van der Waals surface area contributed by atoms with Crippen LogP contribution in [0.5, 0.6) is 11.5 Å². The normalized spacial score (nSPS) is 14.2. The fourth-order valence-electron chi connectivity index (χ4n) is 3.45. The van der Waals surface area contributed by atoms with E-state index in [4.69, 9.17) is 20.0 Å². The highest BCUT2D eigenvalue weighted by atomic mass is 32.2. The van der Waals surface area contributed by atoms with Crippen molar-refractivity contribution in [1.82, 2.24) is 9.21 Å². The summed E-state index contributed by atoms with van der Waals surface area (Å²) in [6, 6.07) is 14.7. The van der Waals surface area contributed by atoms with E-state index in [1.807, 2.05) is 12.1 Å². The molecular weight excluding hydrogens is 444 g/mol. The predicted octanol–water partition coefficient (Wildman–Crippen LogP) is 2.13. The van der Waals surface area contributed by atoms with E-state index in [0.717, 1.165) is 0 Å². The van der Waals surface area contributed by atoms with Crippen molar-refractivity contribution in [3.05, 3.63) is 53.6 Å². The lowest BCUT2D eigenvalue weighted by atomic mass is 10.2. The van der Waals surface area contributed by atoms with E-state index >= 15 is 0 Å². The molecule has 172 valence electrons. The molecule has 0 bridgehead atoms. The molecule has 0 N–H and O–H groups in total. The number of nitrogens with zero attached hydrogens (tertiary/aromatic N) is 4. The first kappa shape index (κ1) is 24.1. The second-order valence-corrected chi connectivity index (χ2v) is 9.29. The predicted molar refractivity (Wildman–Crippen MR) is 119 cm³/mol. The molecule has 0 aliphatic carbocycles. The summed E-state index contributed by atoms with van der Waals surface area (Å²) >= 11 is 0. The van der Waals surface area contributed by atoms with Gasteiger partial charge in [-0.1, -0.05) is 0 Å².